The van der Waals surface area contributed by atoms with E-state index in [0.717, 1.165) is 12.5 Å². The van der Waals surface area contributed by atoms with Gasteiger partial charge in [0, 0.05) is 6.20 Å². The van der Waals surface area contributed by atoms with Crippen molar-refractivity contribution in [1.29, 1.82) is 0 Å². The zero-order chi connectivity index (χ0) is 13.5. The standard InChI is InChI=1S/C12H11F3N2O/c1-7-3-9(18)4-8(2)11(7)17-5-10(16-6-17)12(13,14)15/h3-6,18H,1-2H3. The van der Waals surface area contributed by atoms with Gasteiger partial charge in [-0.05, 0) is 37.1 Å². The molecule has 0 fully saturated rings. The van der Waals surface area contributed by atoms with Crippen LogP contribution in [-0.4, -0.2) is 14.7 Å². The third-order valence-corrected chi connectivity index (χ3v) is 2.61. The highest BCUT2D eigenvalue weighted by atomic mass is 19.4. The van der Waals surface area contributed by atoms with Gasteiger partial charge >= 0.3 is 6.18 Å². The van der Waals surface area contributed by atoms with Crippen LogP contribution < -0.4 is 0 Å². The summed E-state index contributed by atoms with van der Waals surface area (Å²) in [6.45, 7) is 3.44. The van der Waals surface area contributed by atoms with Gasteiger partial charge in [0.05, 0.1) is 12.0 Å². The van der Waals surface area contributed by atoms with Gasteiger partial charge in [-0.25, -0.2) is 4.98 Å². The normalized spacial score (nSPS) is 11.8. The van der Waals surface area contributed by atoms with Crippen molar-refractivity contribution in [2.75, 3.05) is 0 Å². The highest BCUT2D eigenvalue weighted by Crippen LogP contribution is 2.30. The van der Waals surface area contributed by atoms with Gasteiger partial charge in [-0.1, -0.05) is 0 Å². The minimum Gasteiger partial charge on any atom is -0.508 e. The van der Waals surface area contributed by atoms with Crippen LogP contribution in [0.5, 0.6) is 5.75 Å². The molecule has 18 heavy (non-hydrogen) atoms. The molecule has 0 atom stereocenters. The Morgan fingerprint density at radius 1 is 1.17 bits per heavy atom. The molecule has 0 unspecified atom stereocenters. The molecule has 0 amide bonds. The van der Waals surface area contributed by atoms with Crippen molar-refractivity contribution in [1.82, 2.24) is 9.55 Å². The van der Waals surface area contributed by atoms with Crippen LogP contribution in [0.3, 0.4) is 0 Å². The van der Waals surface area contributed by atoms with Crippen molar-refractivity contribution < 1.29 is 18.3 Å². The van der Waals surface area contributed by atoms with Gasteiger partial charge in [-0.2, -0.15) is 13.2 Å². The number of hydrogen-bond donors (Lipinski definition) is 1. The molecule has 0 aliphatic carbocycles. The number of imidazole rings is 1. The highest BCUT2D eigenvalue weighted by molar-refractivity contribution is 5.51. The van der Waals surface area contributed by atoms with E-state index in [-0.39, 0.29) is 5.75 Å². The second-order valence-electron chi connectivity index (χ2n) is 4.09. The summed E-state index contributed by atoms with van der Waals surface area (Å²) in [5.74, 6) is 0.0879. The van der Waals surface area contributed by atoms with Crippen LogP contribution in [0.15, 0.2) is 24.7 Å². The number of phenols is 1. The molecule has 0 aliphatic heterocycles. The summed E-state index contributed by atoms with van der Waals surface area (Å²) < 4.78 is 38.7. The van der Waals surface area contributed by atoms with Gasteiger partial charge in [0.25, 0.3) is 0 Å². The van der Waals surface area contributed by atoms with E-state index in [2.05, 4.69) is 4.98 Å². The fourth-order valence-corrected chi connectivity index (χ4v) is 1.93. The summed E-state index contributed by atoms with van der Waals surface area (Å²) >= 11 is 0. The molecule has 2 aromatic rings. The number of rotatable bonds is 1. The first-order valence-corrected chi connectivity index (χ1v) is 5.21. The van der Waals surface area contributed by atoms with Crippen molar-refractivity contribution in [3.63, 3.8) is 0 Å². The molecule has 0 radical (unpaired) electrons. The highest BCUT2D eigenvalue weighted by Gasteiger charge is 2.33. The molecule has 6 heteroatoms. The van der Waals surface area contributed by atoms with Crippen molar-refractivity contribution in [3.05, 3.63) is 41.5 Å². The Balaban J connectivity index is 2.53. The lowest BCUT2D eigenvalue weighted by Crippen LogP contribution is -2.05. The Morgan fingerprint density at radius 2 is 1.72 bits per heavy atom. The Morgan fingerprint density at radius 3 is 2.17 bits per heavy atom. The maximum Gasteiger partial charge on any atom is 0.434 e. The average Bonchev–Trinajstić information content (AvgIpc) is 2.64. The van der Waals surface area contributed by atoms with Crippen LogP contribution in [0.2, 0.25) is 0 Å². The summed E-state index contributed by atoms with van der Waals surface area (Å²) in [5, 5.41) is 9.39. The molecule has 0 spiro atoms. The van der Waals surface area contributed by atoms with Crippen LogP contribution in [0.1, 0.15) is 16.8 Å². The zero-order valence-electron chi connectivity index (χ0n) is 9.78. The van der Waals surface area contributed by atoms with Gasteiger partial charge in [0.1, 0.15) is 5.75 Å². The van der Waals surface area contributed by atoms with Crippen LogP contribution in [0.4, 0.5) is 13.2 Å². The predicted molar refractivity (Wildman–Crippen MR) is 59.7 cm³/mol. The summed E-state index contributed by atoms with van der Waals surface area (Å²) in [5.41, 5.74) is 1.02. The molecule has 2 rings (SSSR count). The van der Waals surface area contributed by atoms with Crippen molar-refractivity contribution in [2.24, 2.45) is 0 Å². The monoisotopic (exact) mass is 256 g/mol. The fraction of sp³-hybridized carbons (Fsp3) is 0.250. The lowest BCUT2D eigenvalue weighted by atomic mass is 10.1. The second kappa shape index (κ2) is 4.04. The van der Waals surface area contributed by atoms with E-state index in [1.807, 2.05) is 0 Å². The van der Waals surface area contributed by atoms with E-state index in [1.165, 1.54) is 16.7 Å². The summed E-state index contributed by atoms with van der Waals surface area (Å²) in [6, 6.07) is 2.99. The van der Waals surface area contributed by atoms with E-state index in [0.29, 0.717) is 16.8 Å². The molecule has 0 bridgehead atoms. The molecule has 96 valence electrons. The largest absolute Gasteiger partial charge is 0.508 e. The van der Waals surface area contributed by atoms with Crippen molar-refractivity contribution in [2.45, 2.75) is 20.0 Å². The summed E-state index contributed by atoms with van der Waals surface area (Å²) in [4.78, 5) is 3.34. The van der Waals surface area contributed by atoms with Gasteiger partial charge in [-0.3, -0.25) is 0 Å². The summed E-state index contributed by atoms with van der Waals surface area (Å²) in [6.07, 6.45) is -2.40. The second-order valence-corrected chi connectivity index (χ2v) is 4.09. The van der Waals surface area contributed by atoms with Crippen LogP contribution >= 0.6 is 0 Å². The molecule has 1 aromatic heterocycles. The molecule has 1 heterocycles. The Labute approximate surface area is 102 Å². The number of aryl methyl sites for hydroxylation is 2. The number of benzene rings is 1. The SMILES string of the molecule is Cc1cc(O)cc(C)c1-n1cnc(C(F)(F)F)c1. The molecule has 3 nitrogen and oxygen atoms in total. The minimum atomic E-state index is -4.45. The number of nitrogens with zero attached hydrogens (tertiary/aromatic N) is 2. The quantitative estimate of drug-likeness (QED) is 0.850. The maximum absolute atomic E-state index is 12.5. The van der Waals surface area contributed by atoms with E-state index in [1.54, 1.807) is 13.8 Å². The third-order valence-electron chi connectivity index (χ3n) is 2.61. The molecular formula is C12H11F3N2O. The summed E-state index contributed by atoms with van der Waals surface area (Å²) in [7, 11) is 0. The number of aromatic hydroxyl groups is 1. The first kappa shape index (κ1) is 12.5. The fourth-order valence-electron chi connectivity index (χ4n) is 1.93. The smallest absolute Gasteiger partial charge is 0.434 e. The number of halogens is 3. The van der Waals surface area contributed by atoms with Crippen LogP contribution in [-0.2, 0) is 6.18 Å². The Bertz CT molecular complexity index is 564. The van der Waals surface area contributed by atoms with Crippen LogP contribution in [0, 0.1) is 13.8 Å². The number of aromatic nitrogens is 2. The lowest BCUT2D eigenvalue weighted by molar-refractivity contribution is -0.140. The van der Waals surface area contributed by atoms with Crippen molar-refractivity contribution in [3.8, 4) is 11.4 Å². The Hall–Kier alpha value is -1.98. The Kier molecular flexibility index (Phi) is 2.80. The third kappa shape index (κ3) is 2.18. The van der Waals surface area contributed by atoms with Gasteiger partial charge in [0.2, 0.25) is 0 Å². The molecule has 0 aliphatic rings. The van der Waals surface area contributed by atoms with Crippen molar-refractivity contribution >= 4 is 0 Å². The van der Waals surface area contributed by atoms with Crippen LogP contribution in [0.25, 0.3) is 5.69 Å². The average molecular weight is 256 g/mol. The number of phenolic OH excluding ortho intramolecular Hbond substituents is 1. The molecule has 0 saturated carbocycles. The lowest BCUT2D eigenvalue weighted by Gasteiger charge is -2.11. The predicted octanol–water partition coefficient (Wildman–Crippen LogP) is 3.21. The van der Waals surface area contributed by atoms with E-state index >= 15 is 0 Å². The zero-order valence-corrected chi connectivity index (χ0v) is 9.78. The van der Waals surface area contributed by atoms with Gasteiger partial charge < -0.3 is 9.67 Å². The molecule has 1 N–H and O–H groups in total. The molecular weight excluding hydrogens is 245 g/mol. The topological polar surface area (TPSA) is 38.0 Å². The first-order valence-electron chi connectivity index (χ1n) is 5.21. The van der Waals surface area contributed by atoms with E-state index < -0.39 is 11.9 Å². The maximum atomic E-state index is 12.5. The van der Waals surface area contributed by atoms with Gasteiger partial charge in [-0.15, -0.1) is 0 Å². The minimum absolute atomic E-state index is 0.0879. The van der Waals surface area contributed by atoms with E-state index in [9.17, 15) is 18.3 Å². The molecule has 1 aromatic carbocycles. The van der Waals surface area contributed by atoms with Gasteiger partial charge in [0.15, 0.2) is 5.69 Å². The van der Waals surface area contributed by atoms with E-state index in [4.69, 9.17) is 0 Å². The molecule has 0 saturated heterocycles. The number of hydrogen-bond acceptors (Lipinski definition) is 2. The first-order chi connectivity index (χ1) is 8.29. The number of alkyl halides is 3.